The third-order valence-electron chi connectivity index (χ3n) is 4.53. The molecule has 3 rings (SSSR count). The normalized spacial score (nSPS) is 17.4. The maximum Gasteiger partial charge on any atom is 0.573 e. The van der Waals surface area contributed by atoms with Crippen molar-refractivity contribution in [1.29, 1.82) is 0 Å². The molecule has 0 saturated carbocycles. The highest BCUT2D eigenvalue weighted by Gasteiger charge is 2.32. The molecule has 6 nitrogen and oxygen atoms in total. The van der Waals surface area contributed by atoms with Crippen LogP contribution in [0.25, 0.3) is 0 Å². The monoisotopic (exact) mass is 509 g/mol. The second-order valence-electron chi connectivity index (χ2n) is 6.44. The molecule has 1 aliphatic rings. The smallest absolute Gasteiger partial charge is 0.405 e. The molecule has 2 heterocycles. The minimum Gasteiger partial charge on any atom is -0.405 e. The van der Waals surface area contributed by atoms with Crippen molar-refractivity contribution in [1.82, 2.24) is 20.0 Å². The lowest BCUT2D eigenvalue weighted by Gasteiger charge is -2.22. The van der Waals surface area contributed by atoms with Crippen LogP contribution in [0.3, 0.4) is 0 Å². The van der Waals surface area contributed by atoms with Gasteiger partial charge in [0.1, 0.15) is 5.75 Å². The minimum absolute atomic E-state index is 0. The third kappa shape index (κ3) is 5.76. The number of hydrogen-bond acceptors (Lipinski definition) is 3. The second-order valence-corrected chi connectivity index (χ2v) is 6.44. The van der Waals surface area contributed by atoms with E-state index < -0.39 is 6.36 Å². The van der Waals surface area contributed by atoms with Gasteiger partial charge >= 0.3 is 6.36 Å². The number of benzene rings is 1. The molecule has 0 spiro atoms. The van der Waals surface area contributed by atoms with E-state index in [1.54, 1.807) is 23.9 Å². The van der Waals surface area contributed by atoms with Gasteiger partial charge in [-0.15, -0.1) is 37.1 Å². The summed E-state index contributed by atoms with van der Waals surface area (Å²) in [5.74, 6) is 0.809. The minimum atomic E-state index is -4.72. The quantitative estimate of drug-likeness (QED) is 0.390. The van der Waals surface area contributed by atoms with Crippen molar-refractivity contribution in [3.63, 3.8) is 0 Å². The molecule has 0 bridgehead atoms. The SMILES string of the molecule is CN=C(NCc1ccccc1OC(F)(F)F)N1CCC(c2cnn(C)c2)C1.I. The highest BCUT2D eigenvalue weighted by Crippen LogP contribution is 2.28. The van der Waals surface area contributed by atoms with Crippen LogP contribution in [-0.2, 0) is 13.6 Å². The number of alkyl halides is 3. The fraction of sp³-hybridized carbons (Fsp3) is 0.444. The zero-order chi connectivity index (χ0) is 19.4. The molecule has 1 aliphatic heterocycles. The van der Waals surface area contributed by atoms with Crippen molar-refractivity contribution < 1.29 is 17.9 Å². The van der Waals surface area contributed by atoms with Crippen molar-refractivity contribution in [3.05, 3.63) is 47.8 Å². The molecule has 0 radical (unpaired) electrons. The first-order valence-corrected chi connectivity index (χ1v) is 8.63. The number of rotatable bonds is 4. The summed E-state index contributed by atoms with van der Waals surface area (Å²) < 4.78 is 43.5. The second kappa shape index (κ2) is 9.48. The lowest BCUT2D eigenvalue weighted by atomic mass is 10.0. The van der Waals surface area contributed by atoms with Gasteiger partial charge in [-0.1, -0.05) is 18.2 Å². The van der Waals surface area contributed by atoms with Crippen LogP contribution in [0.2, 0.25) is 0 Å². The zero-order valence-corrected chi connectivity index (χ0v) is 17.9. The summed E-state index contributed by atoms with van der Waals surface area (Å²) in [6.07, 6.45) is 0.133. The first kappa shape index (κ1) is 22.3. The van der Waals surface area contributed by atoms with Crippen molar-refractivity contribution in [2.24, 2.45) is 12.0 Å². The topological polar surface area (TPSA) is 54.7 Å². The van der Waals surface area contributed by atoms with E-state index in [1.807, 2.05) is 19.4 Å². The summed E-state index contributed by atoms with van der Waals surface area (Å²) in [6.45, 7) is 1.79. The molecule has 1 N–H and O–H groups in total. The van der Waals surface area contributed by atoms with Gasteiger partial charge in [0, 0.05) is 51.4 Å². The number of aromatic nitrogens is 2. The Balaban J connectivity index is 0.00000280. The van der Waals surface area contributed by atoms with E-state index in [0.717, 1.165) is 19.5 Å². The van der Waals surface area contributed by atoms with E-state index in [-0.39, 0.29) is 36.3 Å². The summed E-state index contributed by atoms with van der Waals surface area (Å²) >= 11 is 0. The average molecular weight is 509 g/mol. The Kier molecular flexibility index (Phi) is 7.55. The van der Waals surface area contributed by atoms with E-state index in [4.69, 9.17) is 0 Å². The molecule has 2 aromatic rings. The van der Waals surface area contributed by atoms with Gasteiger partial charge in [-0.25, -0.2) is 0 Å². The fourth-order valence-corrected chi connectivity index (χ4v) is 3.26. The number of ether oxygens (including phenoxy) is 1. The van der Waals surface area contributed by atoms with Crippen LogP contribution in [0.5, 0.6) is 5.75 Å². The van der Waals surface area contributed by atoms with E-state index >= 15 is 0 Å². The standard InChI is InChI=1S/C18H22F3N5O.HI/c1-22-17(26-8-7-14(12-26)15-10-24-25(2)11-15)23-9-13-5-3-4-6-16(13)27-18(19,20)21;/h3-6,10-11,14H,7-9,12H2,1-2H3,(H,22,23);1H. The Bertz CT molecular complexity index is 809. The van der Waals surface area contributed by atoms with Crippen LogP contribution in [-0.4, -0.2) is 47.1 Å². The molecular weight excluding hydrogens is 486 g/mol. The Morgan fingerprint density at radius 3 is 2.75 bits per heavy atom. The largest absolute Gasteiger partial charge is 0.573 e. The number of halogens is 4. The molecule has 10 heteroatoms. The zero-order valence-electron chi connectivity index (χ0n) is 15.6. The molecule has 1 aromatic heterocycles. The van der Waals surface area contributed by atoms with E-state index in [2.05, 4.69) is 25.0 Å². The van der Waals surface area contributed by atoms with Crippen LogP contribution in [0.1, 0.15) is 23.5 Å². The molecule has 1 atom stereocenters. The van der Waals surface area contributed by atoms with Gasteiger partial charge in [-0.2, -0.15) is 5.10 Å². The molecule has 0 aliphatic carbocycles. The van der Waals surface area contributed by atoms with Gasteiger partial charge in [-0.05, 0) is 18.1 Å². The fourth-order valence-electron chi connectivity index (χ4n) is 3.26. The van der Waals surface area contributed by atoms with Crippen LogP contribution in [0.15, 0.2) is 41.7 Å². The van der Waals surface area contributed by atoms with Crippen molar-refractivity contribution in [2.75, 3.05) is 20.1 Å². The van der Waals surface area contributed by atoms with Crippen molar-refractivity contribution in [3.8, 4) is 5.75 Å². The first-order valence-electron chi connectivity index (χ1n) is 8.63. The molecule has 1 fully saturated rings. The Hall–Kier alpha value is -1.98. The summed E-state index contributed by atoms with van der Waals surface area (Å²) in [5.41, 5.74) is 1.60. The third-order valence-corrected chi connectivity index (χ3v) is 4.53. The maximum absolute atomic E-state index is 12.6. The van der Waals surface area contributed by atoms with E-state index in [9.17, 15) is 13.2 Å². The first-order chi connectivity index (χ1) is 12.9. The number of nitrogens with one attached hydrogen (secondary N) is 1. The number of para-hydroxylation sites is 1. The van der Waals surface area contributed by atoms with E-state index in [1.165, 1.54) is 17.7 Å². The Morgan fingerprint density at radius 2 is 2.11 bits per heavy atom. The van der Waals surface area contributed by atoms with Gasteiger partial charge < -0.3 is 15.0 Å². The summed E-state index contributed by atoms with van der Waals surface area (Å²) in [6, 6.07) is 6.10. The molecule has 154 valence electrons. The highest BCUT2D eigenvalue weighted by atomic mass is 127. The molecular formula is C18H23F3IN5O. The summed E-state index contributed by atoms with van der Waals surface area (Å²) in [5, 5.41) is 7.35. The van der Waals surface area contributed by atoms with Gasteiger partial charge in [0.15, 0.2) is 5.96 Å². The van der Waals surface area contributed by atoms with Crippen LogP contribution >= 0.6 is 24.0 Å². The molecule has 0 amide bonds. The van der Waals surface area contributed by atoms with Gasteiger partial charge in [0.25, 0.3) is 0 Å². The van der Waals surface area contributed by atoms with Gasteiger partial charge in [0.2, 0.25) is 0 Å². The van der Waals surface area contributed by atoms with Crippen molar-refractivity contribution >= 4 is 29.9 Å². The van der Waals surface area contributed by atoms with Crippen LogP contribution < -0.4 is 10.1 Å². The molecule has 1 unspecified atom stereocenters. The van der Waals surface area contributed by atoms with Crippen LogP contribution in [0, 0.1) is 0 Å². The maximum atomic E-state index is 12.6. The van der Waals surface area contributed by atoms with Gasteiger partial charge in [0.05, 0.1) is 6.20 Å². The number of aliphatic imine (C=N–C) groups is 1. The number of likely N-dealkylation sites (tertiary alicyclic amines) is 1. The number of hydrogen-bond donors (Lipinski definition) is 1. The molecule has 28 heavy (non-hydrogen) atoms. The Morgan fingerprint density at radius 1 is 1.36 bits per heavy atom. The van der Waals surface area contributed by atoms with Gasteiger partial charge in [-0.3, -0.25) is 9.67 Å². The number of nitrogens with zero attached hydrogens (tertiary/aromatic N) is 4. The predicted molar refractivity (Wildman–Crippen MR) is 111 cm³/mol. The Labute approximate surface area is 178 Å². The lowest BCUT2D eigenvalue weighted by Crippen LogP contribution is -2.39. The predicted octanol–water partition coefficient (Wildman–Crippen LogP) is 3.50. The molecule has 1 saturated heterocycles. The highest BCUT2D eigenvalue weighted by molar-refractivity contribution is 14.0. The number of aryl methyl sites for hydroxylation is 1. The average Bonchev–Trinajstić information content (AvgIpc) is 3.25. The summed E-state index contributed by atoms with van der Waals surface area (Å²) in [7, 11) is 3.55. The van der Waals surface area contributed by atoms with Crippen LogP contribution in [0.4, 0.5) is 13.2 Å². The molecule has 1 aromatic carbocycles. The lowest BCUT2D eigenvalue weighted by molar-refractivity contribution is -0.274. The summed E-state index contributed by atoms with van der Waals surface area (Å²) in [4.78, 5) is 6.37. The number of guanidine groups is 1. The van der Waals surface area contributed by atoms with Crippen molar-refractivity contribution in [2.45, 2.75) is 25.2 Å². The van der Waals surface area contributed by atoms with E-state index in [0.29, 0.717) is 17.4 Å².